The van der Waals surface area contributed by atoms with Crippen LogP contribution in [0.5, 0.6) is 0 Å². The molecule has 0 amide bonds. The van der Waals surface area contributed by atoms with Gasteiger partial charge in [-0.05, 0) is 0 Å². The summed E-state index contributed by atoms with van der Waals surface area (Å²) in [5, 5.41) is 1.60. The van der Waals surface area contributed by atoms with Gasteiger partial charge in [-0.25, -0.2) is 0 Å². The number of hydrogen-bond acceptors (Lipinski definition) is 0. The van der Waals surface area contributed by atoms with Crippen LogP contribution in [0.15, 0.2) is 23.0 Å². The van der Waals surface area contributed by atoms with Gasteiger partial charge in [-0.2, -0.15) is 0 Å². The van der Waals surface area contributed by atoms with E-state index in [2.05, 4.69) is 25.7 Å². The Bertz CT molecular complexity index is 142. The molecule has 0 spiro atoms. The third kappa shape index (κ3) is 0.900. The quantitative estimate of drug-likeness (QED) is 0.445. The molecule has 1 rings (SSSR count). The molecule has 1 heteroatoms. The molecular weight excluding hydrogens is 93.1 g/mol. The van der Waals surface area contributed by atoms with E-state index in [1.165, 1.54) is 20.8 Å². The van der Waals surface area contributed by atoms with Crippen molar-refractivity contribution in [1.82, 2.24) is 0 Å². The summed E-state index contributed by atoms with van der Waals surface area (Å²) in [5.41, 5.74) is 1.48. The Hall–Kier alpha value is -0.351. The monoisotopic (exact) mass is 103 g/mol. The summed E-state index contributed by atoms with van der Waals surface area (Å²) in [7, 11) is 1.22. The van der Waals surface area contributed by atoms with Crippen LogP contribution in [0.2, 0.25) is 6.64 Å². The van der Waals surface area contributed by atoms with Crippen molar-refractivity contribution in [3.05, 3.63) is 23.0 Å². The van der Waals surface area contributed by atoms with Gasteiger partial charge in [-0.1, -0.05) is 0 Å². The van der Waals surface area contributed by atoms with Crippen molar-refractivity contribution in [1.29, 1.82) is 0 Å². The molecule has 0 bridgehead atoms. The first-order chi connectivity index (χ1) is 3.84. The number of hydrogen-bond donors (Lipinski definition) is 0. The van der Waals surface area contributed by atoms with Gasteiger partial charge < -0.3 is 0 Å². The number of rotatable bonds is 1. The summed E-state index contributed by atoms with van der Waals surface area (Å²) in [5.74, 6) is 0. The standard InChI is InChI=1S/C6H7.CH3.Be/c1-6-4-2-3-5-6;;/h2,4H,3H2,1H3;1H3;. The second-order valence-corrected chi connectivity index (χ2v) is 2.25. The van der Waals surface area contributed by atoms with Crippen molar-refractivity contribution >= 4 is 8.78 Å². The molecule has 0 N–H and O–H groups in total. The summed E-state index contributed by atoms with van der Waals surface area (Å²) in [4.78, 5) is 0. The van der Waals surface area contributed by atoms with Crippen LogP contribution in [0.1, 0.15) is 13.3 Å². The average Bonchev–Trinajstić information content (AvgIpc) is 2.14. The Morgan fingerprint density at radius 3 is 2.62 bits per heavy atom. The zero-order chi connectivity index (χ0) is 5.98. The van der Waals surface area contributed by atoms with Gasteiger partial charge in [0.15, 0.2) is 0 Å². The summed E-state index contributed by atoms with van der Waals surface area (Å²) in [6, 6.07) is 0. The van der Waals surface area contributed by atoms with Crippen molar-refractivity contribution in [2.75, 3.05) is 0 Å². The minimum absolute atomic E-state index is 1.20. The Balaban J connectivity index is 2.68. The van der Waals surface area contributed by atoms with E-state index in [0.29, 0.717) is 0 Å². The molecule has 1 aliphatic carbocycles. The molecule has 0 saturated heterocycles. The fourth-order valence-electron chi connectivity index (χ4n) is 1.08. The summed E-state index contributed by atoms with van der Waals surface area (Å²) >= 11 is 0. The summed E-state index contributed by atoms with van der Waals surface area (Å²) < 4.78 is 0. The molecule has 1 aliphatic rings. The number of allylic oxidation sites excluding steroid dienone is 4. The van der Waals surface area contributed by atoms with Gasteiger partial charge in [0.25, 0.3) is 0 Å². The molecule has 0 aliphatic heterocycles. The van der Waals surface area contributed by atoms with Gasteiger partial charge in [0.2, 0.25) is 0 Å². The zero-order valence-electron chi connectivity index (χ0n) is 5.57. The van der Waals surface area contributed by atoms with Crippen LogP contribution in [-0.2, 0) is 0 Å². The van der Waals surface area contributed by atoms with Crippen molar-refractivity contribution < 1.29 is 0 Å². The average molecular weight is 103 g/mol. The molecule has 0 unspecified atom stereocenters. The molecule has 0 aromatic heterocycles. The molecule has 0 radical (unpaired) electrons. The van der Waals surface area contributed by atoms with Crippen LogP contribution in [0.25, 0.3) is 0 Å². The fraction of sp³-hybridized carbons (Fsp3) is 0.429. The van der Waals surface area contributed by atoms with E-state index in [1.54, 1.807) is 5.29 Å². The van der Waals surface area contributed by atoms with Gasteiger partial charge in [0, 0.05) is 0 Å². The zero-order valence-corrected chi connectivity index (χ0v) is 5.57. The van der Waals surface area contributed by atoms with Gasteiger partial charge >= 0.3 is 51.8 Å². The molecule has 0 saturated carbocycles. The van der Waals surface area contributed by atoms with Gasteiger partial charge in [0.1, 0.15) is 0 Å². The second-order valence-electron chi connectivity index (χ2n) is 2.25. The van der Waals surface area contributed by atoms with Gasteiger partial charge in [-0.15, -0.1) is 0 Å². The molecule has 0 aromatic rings. The first-order valence-corrected chi connectivity index (χ1v) is 3.19. The first-order valence-electron chi connectivity index (χ1n) is 3.19. The molecule has 8 heavy (non-hydrogen) atoms. The summed E-state index contributed by atoms with van der Waals surface area (Å²) in [6.45, 7) is 4.40. The van der Waals surface area contributed by atoms with Gasteiger partial charge in [0.05, 0.1) is 0 Å². The predicted octanol–water partition coefficient (Wildman–Crippen LogP) is 1.97. The van der Waals surface area contributed by atoms with E-state index < -0.39 is 0 Å². The Labute approximate surface area is 52.6 Å². The maximum atomic E-state index is 2.23. The van der Waals surface area contributed by atoms with Crippen molar-refractivity contribution in [2.45, 2.75) is 20.0 Å². The van der Waals surface area contributed by atoms with Crippen molar-refractivity contribution in [2.24, 2.45) is 0 Å². The Morgan fingerprint density at radius 1 is 1.62 bits per heavy atom. The van der Waals surface area contributed by atoms with E-state index in [9.17, 15) is 0 Å². The fourth-order valence-corrected chi connectivity index (χ4v) is 1.08. The van der Waals surface area contributed by atoms with E-state index in [0.717, 1.165) is 0 Å². The molecule has 0 nitrogen and oxygen atoms in total. The van der Waals surface area contributed by atoms with Crippen molar-refractivity contribution in [3.8, 4) is 0 Å². The SMILES string of the molecule is [CH3][Be][C]1=C(C)C=CC1. The molecular formula is C7H10Be. The summed E-state index contributed by atoms with van der Waals surface area (Å²) in [6.07, 6.45) is 5.63. The Kier molecular flexibility index (Phi) is 1.65. The van der Waals surface area contributed by atoms with Crippen LogP contribution in [0, 0.1) is 0 Å². The molecule has 0 aromatic carbocycles. The molecule has 0 heterocycles. The van der Waals surface area contributed by atoms with E-state index >= 15 is 0 Å². The third-order valence-electron chi connectivity index (χ3n) is 1.72. The first kappa shape index (κ1) is 5.78. The van der Waals surface area contributed by atoms with Crippen molar-refractivity contribution in [3.63, 3.8) is 0 Å². The van der Waals surface area contributed by atoms with Crippen LogP contribution >= 0.6 is 0 Å². The van der Waals surface area contributed by atoms with Gasteiger partial charge in [-0.3, -0.25) is 0 Å². The molecule has 0 fully saturated rings. The maximum absolute atomic E-state index is 2.23. The minimum atomic E-state index is 1.20. The normalized spacial score (nSPS) is 17.2. The molecule has 40 valence electrons. The Morgan fingerprint density at radius 2 is 2.38 bits per heavy atom. The third-order valence-corrected chi connectivity index (χ3v) is 1.72. The van der Waals surface area contributed by atoms with E-state index in [4.69, 9.17) is 0 Å². The molecule has 0 atom stereocenters. The second kappa shape index (κ2) is 2.28. The van der Waals surface area contributed by atoms with Crippen LogP contribution in [0.3, 0.4) is 0 Å². The van der Waals surface area contributed by atoms with Crippen LogP contribution < -0.4 is 0 Å². The predicted molar refractivity (Wildman–Crippen MR) is 38.1 cm³/mol. The van der Waals surface area contributed by atoms with E-state index in [1.807, 2.05) is 0 Å². The van der Waals surface area contributed by atoms with Crippen LogP contribution in [0.4, 0.5) is 0 Å². The van der Waals surface area contributed by atoms with E-state index in [-0.39, 0.29) is 0 Å². The van der Waals surface area contributed by atoms with Crippen LogP contribution in [-0.4, -0.2) is 8.78 Å². The topological polar surface area (TPSA) is 0 Å².